The minimum atomic E-state index is -0.794. The van der Waals surface area contributed by atoms with Gasteiger partial charge in [0.25, 0.3) is 5.69 Å². The van der Waals surface area contributed by atoms with Crippen LogP contribution in [0.3, 0.4) is 0 Å². The molecule has 20 heavy (non-hydrogen) atoms. The summed E-state index contributed by atoms with van der Waals surface area (Å²) in [5.74, 6) is -0.794. The van der Waals surface area contributed by atoms with Crippen molar-refractivity contribution in [2.75, 3.05) is 13.1 Å². The molecule has 0 radical (unpaired) electrons. The lowest BCUT2D eigenvalue weighted by Gasteiger charge is -2.33. The fraction of sp³-hybridized carbons (Fsp3) is 0.500. The molecule has 0 aromatic heterocycles. The van der Waals surface area contributed by atoms with Crippen molar-refractivity contribution in [3.05, 3.63) is 39.9 Å². The third-order valence-corrected chi connectivity index (χ3v) is 4.08. The van der Waals surface area contributed by atoms with E-state index in [0.29, 0.717) is 44.3 Å². The van der Waals surface area contributed by atoms with E-state index in [4.69, 9.17) is 0 Å². The van der Waals surface area contributed by atoms with Crippen LogP contribution in [0.1, 0.15) is 24.8 Å². The first-order chi connectivity index (χ1) is 9.55. The summed E-state index contributed by atoms with van der Waals surface area (Å²) in [5.41, 5.74) is -0.0757. The Morgan fingerprint density at radius 3 is 2.60 bits per heavy atom. The molecular formula is C14H18N2O4. The molecule has 1 aliphatic rings. The SMILES string of the molecule is O=C(O)C1(CCc2ccccc2[N+](=O)[O-])CCNCC1. The Morgan fingerprint density at radius 1 is 1.35 bits per heavy atom. The van der Waals surface area contributed by atoms with Crippen molar-refractivity contribution < 1.29 is 14.8 Å². The van der Waals surface area contributed by atoms with E-state index >= 15 is 0 Å². The van der Waals surface area contributed by atoms with E-state index in [-0.39, 0.29) is 5.69 Å². The van der Waals surface area contributed by atoms with Crippen LogP contribution in [0.15, 0.2) is 24.3 Å². The molecule has 1 heterocycles. The Kier molecular flexibility index (Phi) is 4.34. The average molecular weight is 278 g/mol. The molecule has 0 unspecified atom stereocenters. The molecule has 1 saturated heterocycles. The van der Waals surface area contributed by atoms with E-state index in [0.717, 1.165) is 0 Å². The molecule has 2 rings (SSSR count). The highest BCUT2D eigenvalue weighted by molar-refractivity contribution is 5.74. The van der Waals surface area contributed by atoms with E-state index in [9.17, 15) is 20.0 Å². The monoisotopic (exact) mass is 278 g/mol. The number of carbonyl (C=O) groups is 1. The molecule has 6 heteroatoms. The third-order valence-electron chi connectivity index (χ3n) is 4.08. The van der Waals surface area contributed by atoms with Crippen LogP contribution in [0.5, 0.6) is 0 Å². The number of para-hydroxylation sites is 1. The zero-order chi connectivity index (χ0) is 14.6. The van der Waals surface area contributed by atoms with Gasteiger partial charge in [-0.15, -0.1) is 0 Å². The molecule has 108 valence electrons. The number of hydrogen-bond donors (Lipinski definition) is 2. The summed E-state index contributed by atoms with van der Waals surface area (Å²) in [5, 5.41) is 23.6. The molecule has 0 atom stereocenters. The molecule has 0 amide bonds. The number of carboxylic acid groups (broad SMARTS) is 1. The van der Waals surface area contributed by atoms with Crippen molar-refractivity contribution in [3.8, 4) is 0 Å². The number of nitro groups is 1. The van der Waals surface area contributed by atoms with Gasteiger partial charge in [-0.2, -0.15) is 0 Å². The number of aliphatic carboxylic acids is 1. The summed E-state index contributed by atoms with van der Waals surface area (Å²) in [6, 6.07) is 6.54. The Labute approximate surface area is 117 Å². The van der Waals surface area contributed by atoms with E-state index in [2.05, 4.69) is 5.32 Å². The summed E-state index contributed by atoms with van der Waals surface area (Å²) < 4.78 is 0. The molecule has 1 aromatic carbocycles. The van der Waals surface area contributed by atoms with Gasteiger partial charge < -0.3 is 10.4 Å². The van der Waals surface area contributed by atoms with Crippen LogP contribution in [-0.2, 0) is 11.2 Å². The molecule has 0 bridgehead atoms. The maximum absolute atomic E-state index is 11.6. The number of piperidine rings is 1. The highest BCUT2D eigenvalue weighted by atomic mass is 16.6. The predicted octanol–water partition coefficient (Wildman–Crippen LogP) is 1.98. The van der Waals surface area contributed by atoms with Gasteiger partial charge >= 0.3 is 5.97 Å². The smallest absolute Gasteiger partial charge is 0.309 e. The van der Waals surface area contributed by atoms with Gasteiger partial charge in [0.2, 0.25) is 0 Å². The second kappa shape index (κ2) is 6.00. The molecule has 1 aromatic rings. The maximum atomic E-state index is 11.6. The number of nitro benzene ring substituents is 1. The lowest BCUT2D eigenvalue weighted by molar-refractivity contribution is -0.385. The van der Waals surface area contributed by atoms with Crippen LogP contribution in [0.2, 0.25) is 0 Å². The first-order valence-electron chi connectivity index (χ1n) is 6.72. The first-order valence-corrected chi connectivity index (χ1v) is 6.72. The van der Waals surface area contributed by atoms with Crippen molar-refractivity contribution in [1.82, 2.24) is 5.32 Å². The van der Waals surface area contributed by atoms with E-state index < -0.39 is 16.3 Å². The quantitative estimate of drug-likeness (QED) is 0.634. The van der Waals surface area contributed by atoms with Crippen molar-refractivity contribution in [2.24, 2.45) is 5.41 Å². The summed E-state index contributed by atoms with van der Waals surface area (Å²) in [6.07, 6.45) is 2.00. The number of nitrogens with one attached hydrogen (secondary N) is 1. The van der Waals surface area contributed by atoms with Gasteiger partial charge in [-0.1, -0.05) is 18.2 Å². The number of hydrogen-bond acceptors (Lipinski definition) is 4. The van der Waals surface area contributed by atoms with Crippen molar-refractivity contribution in [1.29, 1.82) is 0 Å². The van der Waals surface area contributed by atoms with E-state index in [1.54, 1.807) is 18.2 Å². The molecular weight excluding hydrogens is 260 g/mol. The normalized spacial score (nSPS) is 17.6. The number of aryl methyl sites for hydroxylation is 1. The predicted molar refractivity (Wildman–Crippen MR) is 73.6 cm³/mol. The number of rotatable bonds is 5. The standard InChI is InChI=1S/C14H18N2O4/c17-13(18)14(7-9-15-10-8-14)6-5-11-3-1-2-4-12(11)16(19)20/h1-4,15H,5-10H2,(H,17,18). The summed E-state index contributed by atoms with van der Waals surface area (Å²) in [4.78, 5) is 22.1. The van der Waals surface area contributed by atoms with Gasteiger partial charge in [0, 0.05) is 11.6 Å². The fourth-order valence-corrected chi connectivity index (χ4v) is 2.75. The Bertz CT molecular complexity index is 510. The van der Waals surface area contributed by atoms with Gasteiger partial charge in [0.15, 0.2) is 0 Å². The topological polar surface area (TPSA) is 92.5 Å². The van der Waals surface area contributed by atoms with Gasteiger partial charge in [0.05, 0.1) is 10.3 Å². The summed E-state index contributed by atoms with van der Waals surface area (Å²) >= 11 is 0. The molecule has 0 aliphatic carbocycles. The zero-order valence-electron chi connectivity index (χ0n) is 11.2. The summed E-state index contributed by atoms with van der Waals surface area (Å²) in [7, 11) is 0. The number of nitrogens with zero attached hydrogens (tertiary/aromatic N) is 1. The van der Waals surface area contributed by atoms with Crippen LogP contribution in [0, 0.1) is 15.5 Å². The lowest BCUT2D eigenvalue weighted by Crippen LogP contribution is -2.42. The fourth-order valence-electron chi connectivity index (χ4n) is 2.75. The summed E-state index contributed by atoms with van der Waals surface area (Å²) in [6.45, 7) is 1.37. The highest BCUT2D eigenvalue weighted by Crippen LogP contribution is 2.35. The average Bonchev–Trinajstić information content (AvgIpc) is 2.46. The second-order valence-corrected chi connectivity index (χ2v) is 5.22. The highest BCUT2D eigenvalue weighted by Gasteiger charge is 2.39. The van der Waals surface area contributed by atoms with Gasteiger partial charge in [-0.3, -0.25) is 14.9 Å². The molecule has 1 fully saturated rings. The molecule has 6 nitrogen and oxygen atoms in total. The zero-order valence-corrected chi connectivity index (χ0v) is 11.2. The van der Waals surface area contributed by atoms with Gasteiger partial charge in [0.1, 0.15) is 0 Å². The van der Waals surface area contributed by atoms with Crippen LogP contribution in [0.25, 0.3) is 0 Å². The maximum Gasteiger partial charge on any atom is 0.309 e. The van der Waals surface area contributed by atoms with Crippen LogP contribution in [0.4, 0.5) is 5.69 Å². The molecule has 1 aliphatic heterocycles. The Morgan fingerprint density at radius 2 is 2.00 bits per heavy atom. The van der Waals surface area contributed by atoms with Crippen LogP contribution < -0.4 is 5.32 Å². The van der Waals surface area contributed by atoms with E-state index in [1.165, 1.54) is 6.07 Å². The van der Waals surface area contributed by atoms with Crippen molar-refractivity contribution >= 4 is 11.7 Å². The van der Waals surface area contributed by atoms with Gasteiger partial charge in [-0.05, 0) is 38.8 Å². The third kappa shape index (κ3) is 2.96. The number of carboxylic acids is 1. The van der Waals surface area contributed by atoms with Crippen molar-refractivity contribution in [2.45, 2.75) is 25.7 Å². The Hall–Kier alpha value is -1.95. The van der Waals surface area contributed by atoms with Crippen molar-refractivity contribution in [3.63, 3.8) is 0 Å². The molecule has 0 spiro atoms. The lowest BCUT2D eigenvalue weighted by atomic mass is 9.74. The van der Waals surface area contributed by atoms with E-state index in [1.807, 2.05) is 0 Å². The largest absolute Gasteiger partial charge is 0.481 e. The molecule has 2 N–H and O–H groups in total. The number of benzene rings is 1. The minimum absolute atomic E-state index is 0.0713. The van der Waals surface area contributed by atoms with Gasteiger partial charge in [-0.25, -0.2) is 0 Å². The molecule has 0 saturated carbocycles. The second-order valence-electron chi connectivity index (χ2n) is 5.22. The Balaban J connectivity index is 2.14. The van der Waals surface area contributed by atoms with Crippen LogP contribution >= 0.6 is 0 Å². The first kappa shape index (κ1) is 14.5. The minimum Gasteiger partial charge on any atom is -0.481 e. The van der Waals surface area contributed by atoms with Crippen LogP contribution in [-0.4, -0.2) is 29.1 Å².